The molecule has 178 valence electrons. The Balaban J connectivity index is 0.00000204. The number of anilines is 1. The summed E-state index contributed by atoms with van der Waals surface area (Å²) in [6, 6.07) is 9.53. The average molecular weight is 511 g/mol. The fourth-order valence-electron chi connectivity index (χ4n) is 3.00. The Labute approximate surface area is 205 Å². The van der Waals surface area contributed by atoms with Crippen LogP contribution in [0.2, 0.25) is 0 Å². The molecule has 0 aliphatic rings. The smallest absolute Gasteiger partial charge is 0.329 e. The minimum absolute atomic E-state index is 0. The van der Waals surface area contributed by atoms with Crippen LogP contribution in [0.4, 0.5) is 23.7 Å². The summed E-state index contributed by atoms with van der Waals surface area (Å²) in [7, 11) is 1.87. The highest BCUT2D eigenvalue weighted by Crippen LogP contribution is 2.24. The van der Waals surface area contributed by atoms with Crippen LogP contribution in [-0.4, -0.2) is 37.7 Å². The summed E-state index contributed by atoms with van der Waals surface area (Å²) < 4.78 is 40.4. The highest BCUT2D eigenvalue weighted by molar-refractivity contribution is 5.90. The lowest BCUT2D eigenvalue weighted by atomic mass is 10.1. The number of rotatable bonds is 3. The number of nitrogens with zero attached hydrogens (tertiary/aromatic N) is 4. The number of halogens is 5. The third-order valence-corrected chi connectivity index (χ3v) is 4.53. The largest absolute Gasteiger partial charge is 0.405 e. The lowest BCUT2D eigenvalue weighted by Gasteiger charge is -2.10. The van der Waals surface area contributed by atoms with Gasteiger partial charge in [0.15, 0.2) is 0 Å². The van der Waals surface area contributed by atoms with E-state index in [2.05, 4.69) is 27.1 Å². The zero-order valence-electron chi connectivity index (χ0n) is 17.6. The van der Waals surface area contributed by atoms with Gasteiger partial charge in [-0.2, -0.15) is 13.2 Å². The number of hydrogen-bond donors (Lipinski definition) is 2. The first kappa shape index (κ1) is 26.6. The van der Waals surface area contributed by atoms with Gasteiger partial charge in [-0.3, -0.25) is 4.40 Å². The molecule has 2 amide bonds. The fraction of sp³-hybridized carbons (Fsp3) is 0.136. The average Bonchev–Trinajstić information content (AvgIpc) is 3.36. The van der Waals surface area contributed by atoms with Gasteiger partial charge in [-0.1, -0.05) is 18.1 Å². The van der Waals surface area contributed by atoms with Crippen molar-refractivity contribution in [1.29, 1.82) is 0 Å². The zero-order valence-corrected chi connectivity index (χ0v) is 19.3. The van der Waals surface area contributed by atoms with Crippen molar-refractivity contribution < 1.29 is 18.0 Å². The number of nitrogens with one attached hydrogen (secondary N) is 2. The Hall–Kier alpha value is -3.68. The second-order valence-corrected chi connectivity index (χ2v) is 6.93. The number of pyridine rings is 1. The van der Waals surface area contributed by atoms with Gasteiger partial charge in [-0.15, -0.1) is 24.8 Å². The van der Waals surface area contributed by atoms with Gasteiger partial charge in [0, 0.05) is 30.1 Å². The van der Waals surface area contributed by atoms with E-state index in [-0.39, 0.29) is 24.8 Å². The summed E-state index contributed by atoms with van der Waals surface area (Å²) in [5.41, 5.74) is 4.10. The van der Waals surface area contributed by atoms with Crippen LogP contribution >= 0.6 is 24.8 Å². The third kappa shape index (κ3) is 6.43. The van der Waals surface area contributed by atoms with E-state index in [0.29, 0.717) is 11.3 Å². The number of aromatic nitrogens is 4. The number of fused-ring (bicyclic) bond motifs is 1. The standard InChI is InChI=1S/C22H17F3N6O.2ClH/c1-30-14-26-11-18(30)6-5-15-7-8-31-19(12-27-20(31)9-15)16-3-2-4-17(10-16)29-21(32)28-13-22(23,24)25;;/h2-4,7-12,14H,13H2,1H3,(H2,28,29,32);2*1H. The molecule has 2 N–H and O–H groups in total. The van der Waals surface area contributed by atoms with Gasteiger partial charge in [-0.25, -0.2) is 14.8 Å². The van der Waals surface area contributed by atoms with Crippen molar-refractivity contribution in [2.24, 2.45) is 7.05 Å². The first-order valence-corrected chi connectivity index (χ1v) is 9.46. The second-order valence-electron chi connectivity index (χ2n) is 6.93. The van der Waals surface area contributed by atoms with E-state index < -0.39 is 18.8 Å². The molecule has 12 heteroatoms. The Bertz CT molecular complexity index is 1350. The molecule has 3 aromatic heterocycles. The number of imidazole rings is 2. The molecule has 0 atom stereocenters. The van der Waals surface area contributed by atoms with Crippen LogP contribution in [0.25, 0.3) is 16.9 Å². The predicted molar refractivity (Wildman–Crippen MR) is 127 cm³/mol. The van der Waals surface area contributed by atoms with Crippen LogP contribution in [-0.2, 0) is 7.05 Å². The van der Waals surface area contributed by atoms with Crippen molar-refractivity contribution in [1.82, 2.24) is 24.3 Å². The van der Waals surface area contributed by atoms with Crippen LogP contribution in [0.15, 0.2) is 61.3 Å². The second kappa shape index (κ2) is 11.0. The number of alkyl halides is 3. The van der Waals surface area contributed by atoms with Crippen molar-refractivity contribution in [3.05, 3.63) is 72.6 Å². The molecule has 0 saturated heterocycles. The maximum Gasteiger partial charge on any atom is 0.405 e. The minimum atomic E-state index is -4.48. The van der Waals surface area contributed by atoms with Gasteiger partial charge >= 0.3 is 12.2 Å². The van der Waals surface area contributed by atoms with E-state index in [9.17, 15) is 18.0 Å². The number of carbonyl (C=O) groups is 1. The van der Waals surface area contributed by atoms with Crippen LogP contribution in [0.5, 0.6) is 0 Å². The molecular weight excluding hydrogens is 492 g/mol. The van der Waals surface area contributed by atoms with Crippen molar-refractivity contribution in [3.63, 3.8) is 0 Å². The molecule has 34 heavy (non-hydrogen) atoms. The van der Waals surface area contributed by atoms with Crippen LogP contribution in [0, 0.1) is 11.8 Å². The number of hydrogen-bond acceptors (Lipinski definition) is 3. The number of carbonyl (C=O) groups excluding carboxylic acids is 1. The monoisotopic (exact) mass is 510 g/mol. The molecule has 0 aliphatic carbocycles. The van der Waals surface area contributed by atoms with Gasteiger partial charge < -0.3 is 15.2 Å². The van der Waals surface area contributed by atoms with Crippen LogP contribution < -0.4 is 10.6 Å². The lowest BCUT2D eigenvalue weighted by molar-refractivity contribution is -0.122. The van der Waals surface area contributed by atoms with Gasteiger partial charge in [0.2, 0.25) is 0 Å². The molecular formula is C22H19Cl2F3N6O. The van der Waals surface area contributed by atoms with E-state index in [1.165, 1.54) is 0 Å². The summed E-state index contributed by atoms with van der Waals surface area (Å²) in [4.78, 5) is 20.2. The van der Waals surface area contributed by atoms with Gasteiger partial charge in [0.05, 0.1) is 24.4 Å². The Morgan fingerprint density at radius 2 is 1.91 bits per heavy atom. The molecule has 7 nitrogen and oxygen atoms in total. The third-order valence-electron chi connectivity index (χ3n) is 4.53. The Morgan fingerprint density at radius 3 is 2.62 bits per heavy atom. The minimum Gasteiger partial charge on any atom is -0.329 e. The van der Waals surface area contributed by atoms with Crippen molar-refractivity contribution in [2.45, 2.75) is 6.18 Å². The molecule has 0 saturated carbocycles. The van der Waals surface area contributed by atoms with Gasteiger partial charge in [-0.05, 0) is 30.2 Å². The van der Waals surface area contributed by atoms with E-state index in [0.717, 1.165) is 22.5 Å². The quantitative estimate of drug-likeness (QED) is 0.393. The van der Waals surface area contributed by atoms with E-state index in [1.807, 2.05) is 40.4 Å². The summed E-state index contributed by atoms with van der Waals surface area (Å²) in [5, 5.41) is 4.18. The predicted octanol–water partition coefficient (Wildman–Crippen LogP) is 4.66. The van der Waals surface area contributed by atoms with E-state index >= 15 is 0 Å². The van der Waals surface area contributed by atoms with Gasteiger partial charge in [0.25, 0.3) is 0 Å². The van der Waals surface area contributed by atoms with Gasteiger partial charge in [0.1, 0.15) is 17.9 Å². The normalized spacial score (nSPS) is 10.5. The van der Waals surface area contributed by atoms with E-state index in [4.69, 9.17) is 0 Å². The fourth-order valence-corrected chi connectivity index (χ4v) is 3.00. The molecule has 4 rings (SSSR count). The topological polar surface area (TPSA) is 76.2 Å². The maximum atomic E-state index is 12.3. The summed E-state index contributed by atoms with van der Waals surface area (Å²) in [6.45, 7) is -1.41. The first-order valence-electron chi connectivity index (χ1n) is 9.46. The van der Waals surface area contributed by atoms with Crippen molar-refractivity contribution in [2.75, 3.05) is 11.9 Å². The SMILES string of the molecule is Cl.Cl.Cn1cncc1C#Cc1ccn2c(-c3cccc(NC(=O)NCC(F)(F)F)c3)cnc2c1. The van der Waals surface area contributed by atoms with Crippen LogP contribution in [0.3, 0.4) is 0 Å². The first-order chi connectivity index (χ1) is 15.3. The number of aryl methyl sites for hydroxylation is 1. The highest BCUT2D eigenvalue weighted by Gasteiger charge is 2.27. The Morgan fingerprint density at radius 1 is 1.12 bits per heavy atom. The van der Waals surface area contributed by atoms with Crippen molar-refractivity contribution >= 4 is 42.2 Å². The number of benzene rings is 1. The molecule has 0 spiro atoms. The number of urea groups is 1. The Kier molecular flexibility index (Phi) is 8.57. The molecule has 0 radical (unpaired) electrons. The molecule has 0 unspecified atom stereocenters. The summed E-state index contributed by atoms with van der Waals surface area (Å²) >= 11 is 0. The molecule has 4 aromatic rings. The summed E-state index contributed by atoms with van der Waals surface area (Å²) in [6.07, 6.45) is 2.40. The molecule has 3 heterocycles. The van der Waals surface area contributed by atoms with Crippen LogP contribution in [0.1, 0.15) is 11.3 Å². The van der Waals surface area contributed by atoms with Crippen molar-refractivity contribution in [3.8, 4) is 23.1 Å². The molecule has 0 aliphatic heterocycles. The summed E-state index contributed by atoms with van der Waals surface area (Å²) in [5.74, 6) is 6.14. The lowest BCUT2D eigenvalue weighted by Crippen LogP contribution is -2.36. The highest BCUT2D eigenvalue weighted by atomic mass is 35.5. The maximum absolute atomic E-state index is 12.3. The molecule has 0 bridgehead atoms. The molecule has 0 fully saturated rings. The zero-order chi connectivity index (χ0) is 22.7. The van der Waals surface area contributed by atoms with E-state index in [1.54, 1.807) is 42.2 Å². The number of amides is 2. The molecule has 1 aromatic carbocycles.